The Kier molecular flexibility index (Phi) is 5.20. The van der Waals surface area contributed by atoms with Gasteiger partial charge in [0.2, 0.25) is 0 Å². The summed E-state index contributed by atoms with van der Waals surface area (Å²) in [6.45, 7) is 7.52. The van der Waals surface area contributed by atoms with Crippen molar-refractivity contribution in [3.8, 4) is 6.07 Å². The third kappa shape index (κ3) is 3.61. The molecule has 2 aromatic rings. The summed E-state index contributed by atoms with van der Waals surface area (Å²) in [6.07, 6.45) is 4.59. The number of hydrogen-bond donors (Lipinski definition) is 1. The molecular formula is C17H23N3. The topological polar surface area (TPSA) is 40.8 Å². The predicted molar refractivity (Wildman–Crippen MR) is 83.6 cm³/mol. The van der Waals surface area contributed by atoms with E-state index in [0.29, 0.717) is 0 Å². The van der Waals surface area contributed by atoms with Crippen LogP contribution in [0.2, 0.25) is 0 Å². The van der Waals surface area contributed by atoms with E-state index in [-0.39, 0.29) is 0 Å². The molecule has 0 aliphatic heterocycles. The number of rotatable bonds is 7. The molecule has 1 aromatic carbocycles. The molecule has 0 atom stereocenters. The molecule has 0 saturated carbocycles. The van der Waals surface area contributed by atoms with Gasteiger partial charge in [-0.1, -0.05) is 19.9 Å². The molecule has 3 heteroatoms. The van der Waals surface area contributed by atoms with Crippen LogP contribution in [0.3, 0.4) is 0 Å². The molecular weight excluding hydrogens is 246 g/mol. The van der Waals surface area contributed by atoms with Crippen molar-refractivity contribution < 1.29 is 0 Å². The van der Waals surface area contributed by atoms with E-state index in [1.54, 1.807) is 0 Å². The molecule has 0 saturated heterocycles. The first kappa shape index (κ1) is 14.6. The molecule has 106 valence electrons. The smallest absolute Gasteiger partial charge is 0.0998 e. The second kappa shape index (κ2) is 7.12. The fourth-order valence-corrected chi connectivity index (χ4v) is 2.48. The number of hydrogen-bond acceptors (Lipinski definition) is 2. The van der Waals surface area contributed by atoms with Crippen LogP contribution in [0, 0.1) is 17.2 Å². The quantitative estimate of drug-likeness (QED) is 0.781. The second-order valence-corrected chi connectivity index (χ2v) is 5.65. The maximum absolute atomic E-state index is 9.09. The predicted octanol–water partition coefficient (Wildman–Crippen LogP) is 3.54. The van der Waals surface area contributed by atoms with Crippen molar-refractivity contribution in [2.75, 3.05) is 13.1 Å². The molecule has 0 amide bonds. The largest absolute Gasteiger partial charge is 0.346 e. The Hall–Kier alpha value is -1.79. The van der Waals surface area contributed by atoms with Gasteiger partial charge in [0.05, 0.1) is 11.6 Å². The number of fused-ring (bicyclic) bond motifs is 1. The Morgan fingerprint density at radius 3 is 2.85 bits per heavy atom. The third-order valence-electron chi connectivity index (χ3n) is 3.60. The van der Waals surface area contributed by atoms with Crippen LogP contribution >= 0.6 is 0 Å². The number of aromatic nitrogens is 1. The minimum absolute atomic E-state index is 0.756. The average Bonchev–Trinajstić information content (AvgIpc) is 2.85. The molecule has 1 N–H and O–H groups in total. The van der Waals surface area contributed by atoms with Gasteiger partial charge >= 0.3 is 0 Å². The minimum atomic E-state index is 0.756. The van der Waals surface area contributed by atoms with Crippen LogP contribution in [-0.2, 0) is 6.54 Å². The van der Waals surface area contributed by atoms with Crippen LogP contribution in [-0.4, -0.2) is 17.7 Å². The average molecular weight is 269 g/mol. The lowest BCUT2D eigenvalue weighted by molar-refractivity contribution is 0.517. The standard InChI is InChI=1S/C17H23N3/c1-14(2)5-4-9-19-10-12-20-11-8-16-15(13-18)6-3-7-17(16)20/h3,6-8,11,14,19H,4-5,9-10,12H2,1-2H3. The van der Waals surface area contributed by atoms with Crippen LogP contribution < -0.4 is 5.32 Å². The van der Waals surface area contributed by atoms with Crippen molar-refractivity contribution in [3.05, 3.63) is 36.0 Å². The molecule has 0 radical (unpaired) electrons. The van der Waals surface area contributed by atoms with Crippen molar-refractivity contribution in [2.45, 2.75) is 33.2 Å². The molecule has 2 rings (SSSR count). The van der Waals surface area contributed by atoms with Crippen LogP contribution in [0.15, 0.2) is 30.5 Å². The first-order valence-corrected chi connectivity index (χ1v) is 7.41. The third-order valence-corrected chi connectivity index (χ3v) is 3.60. The van der Waals surface area contributed by atoms with Crippen LogP contribution in [0.4, 0.5) is 0 Å². The van der Waals surface area contributed by atoms with Crippen molar-refractivity contribution >= 4 is 10.9 Å². The Morgan fingerprint density at radius 1 is 1.25 bits per heavy atom. The summed E-state index contributed by atoms with van der Waals surface area (Å²) in [7, 11) is 0. The van der Waals surface area contributed by atoms with Gasteiger partial charge in [0.15, 0.2) is 0 Å². The van der Waals surface area contributed by atoms with E-state index in [0.717, 1.165) is 42.0 Å². The molecule has 0 unspecified atom stereocenters. The fourth-order valence-electron chi connectivity index (χ4n) is 2.48. The molecule has 0 aliphatic carbocycles. The van der Waals surface area contributed by atoms with E-state index in [2.05, 4.69) is 42.1 Å². The van der Waals surface area contributed by atoms with Crippen molar-refractivity contribution in [3.63, 3.8) is 0 Å². The molecule has 0 fully saturated rings. The van der Waals surface area contributed by atoms with E-state index >= 15 is 0 Å². The monoisotopic (exact) mass is 269 g/mol. The number of nitriles is 1. The highest BCUT2D eigenvalue weighted by Gasteiger charge is 2.04. The van der Waals surface area contributed by atoms with Crippen molar-refractivity contribution in [1.29, 1.82) is 5.26 Å². The zero-order valence-corrected chi connectivity index (χ0v) is 12.4. The van der Waals surface area contributed by atoms with Gasteiger partial charge < -0.3 is 9.88 Å². The highest BCUT2D eigenvalue weighted by molar-refractivity contribution is 5.85. The van der Waals surface area contributed by atoms with Gasteiger partial charge in [-0.2, -0.15) is 5.26 Å². The lowest BCUT2D eigenvalue weighted by Gasteiger charge is -2.08. The zero-order chi connectivity index (χ0) is 14.4. The van der Waals surface area contributed by atoms with E-state index in [1.165, 1.54) is 12.8 Å². The number of nitrogens with one attached hydrogen (secondary N) is 1. The number of nitrogens with zero attached hydrogens (tertiary/aromatic N) is 2. The Labute approximate surface area is 121 Å². The first-order chi connectivity index (χ1) is 9.72. The summed E-state index contributed by atoms with van der Waals surface area (Å²) >= 11 is 0. The summed E-state index contributed by atoms with van der Waals surface area (Å²) in [6, 6.07) is 10.2. The summed E-state index contributed by atoms with van der Waals surface area (Å²) in [4.78, 5) is 0. The molecule has 0 aliphatic rings. The maximum Gasteiger partial charge on any atom is 0.0998 e. The first-order valence-electron chi connectivity index (χ1n) is 7.41. The van der Waals surface area contributed by atoms with Gasteiger partial charge in [-0.3, -0.25) is 0 Å². The maximum atomic E-state index is 9.09. The van der Waals surface area contributed by atoms with Gasteiger partial charge in [-0.25, -0.2) is 0 Å². The van der Waals surface area contributed by atoms with Gasteiger partial charge in [0, 0.05) is 30.2 Å². The van der Waals surface area contributed by atoms with Crippen LogP contribution in [0.5, 0.6) is 0 Å². The summed E-state index contributed by atoms with van der Waals surface area (Å²) in [5, 5.41) is 13.6. The van der Waals surface area contributed by atoms with Crippen molar-refractivity contribution in [1.82, 2.24) is 9.88 Å². The van der Waals surface area contributed by atoms with E-state index in [1.807, 2.05) is 18.2 Å². The SMILES string of the molecule is CC(C)CCCNCCn1ccc2c(C#N)cccc21. The number of benzene rings is 1. The van der Waals surface area contributed by atoms with Crippen molar-refractivity contribution in [2.24, 2.45) is 5.92 Å². The lowest BCUT2D eigenvalue weighted by Crippen LogP contribution is -2.21. The molecule has 20 heavy (non-hydrogen) atoms. The molecule has 0 spiro atoms. The molecule has 1 aromatic heterocycles. The van der Waals surface area contributed by atoms with Gasteiger partial charge in [0.1, 0.15) is 0 Å². The van der Waals surface area contributed by atoms with E-state index in [9.17, 15) is 0 Å². The summed E-state index contributed by atoms with van der Waals surface area (Å²) < 4.78 is 2.21. The van der Waals surface area contributed by atoms with Crippen LogP contribution in [0.1, 0.15) is 32.3 Å². The molecule has 3 nitrogen and oxygen atoms in total. The Bertz CT molecular complexity index is 590. The van der Waals surface area contributed by atoms with Gasteiger partial charge in [-0.05, 0) is 43.5 Å². The summed E-state index contributed by atoms with van der Waals surface area (Å²) in [5.74, 6) is 0.787. The van der Waals surface area contributed by atoms with E-state index in [4.69, 9.17) is 5.26 Å². The molecule has 1 heterocycles. The highest BCUT2D eigenvalue weighted by atomic mass is 15.0. The second-order valence-electron chi connectivity index (χ2n) is 5.65. The van der Waals surface area contributed by atoms with Gasteiger partial charge in [-0.15, -0.1) is 0 Å². The van der Waals surface area contributed by atoms with Crippen LogP contribution in [0.25, 0.3) is 10.9 Å². The van der Waals surface area contributed by atoms with Gasteiger partial charge in [0.25, 0.3) is 0 Å². The molecule has 0 bridgehead atoms. The fraction of sp³-hybridized carbons (Fsp3) is 0.471. The Morgan fingerprint density at radius 2 is 2.10 bits per heavy atom. The van der Waals surface area contributed by atoms with E-state index < -0.39 is 0 Å². The zero-order valence-electron chi connectivity index (χ0n) is 12.4. The summed E-state index contributed by atoms with van der Waals surface area (Å²) in [5.41, 5.74) is 1.90. The normalized spacial score (nSPS) is 11.1. The Balaban J connectivity index is 1.87. The lowest BCUT2D eigenvalue weighted by atomic mass is 10.1. The highest BCUT2D eigenvalue weighted by Crippen LogP contribution is 2.19. The minimum Gasteiger partial charge on any atom is -0.346 e.